The Morgan fingerprint density at radius 2 is 0.600 bits per heavy atom. The summed E-state index contributed by atoms with van der Waals surface area (Å²) in [6.07, 6.45) is 0. The SMILES string of the molecule is CNNC.[C-]#[O+].[C-]#[O+].[C-]#[O+].[C-]#[O+].[C-]#[O+].[W]. The van der Waals surface area contributed by atoms with Crippen molar-refractivity contribution in [3.8, 4) is 0 Å². The van der Waals surface area contributed by atoms with E-state index in [1.165, 1.54) is 0 Å². The molecule has 0 aromatic heterocycles. The molecule has 0 amide bonds. The largest absolute Gasteiger partial charge is 0 e. The van der Waals surface area contributed by atoms with Gasteiger partial charge in [0.2, 0.25) is 0 Å². The summed E-state index contributed by atoms with van der Waals surface area (Å²) in [5.41, 5.74) is 5.36. The van der Waals surface area contributed by atoms with E-state index in [1.54, 1.807) is 0 Å². The molecular weight excluding hydrogens is 376 g/mol. The number of rotatable bonds is 1. The van der Waals surface area contributed by atoms with E-state index in [0.29, 0.717) is 0 Å². The summed E-state index contributed by atoms with van der Waals surface area (Å²) >= 11 is 0. The van der Waals surface area contributed by atoms with Crippen molar-refractivity contribution in [1.82, 2.24) is 10.9 Å². The minimum atomic E-state index is 0. The fourth-order valence-electron chi connectivity index (χ4n) is 0. The molecule has 0 unspecified atom stereocenters. The monoisotopic (exact) mass is 384 g/mol. The van der Waals surface area contributed by atoms with E-state index in [9.17, 15) is 0 Å². The van der Waals surface area contributed by atoms with E-state index in [4.69, 9.17) is 23.3 Å². The van der Waals surface area contributed by atoms with Crippen LogP contribution >= 0.6 is 0 Å². The smallest absolute Gasteiger partial charge is 0 e. The summed E-state index contributed by atoms with van der Waals surface area (Å²) in [6, 6.07) is 0. The normalized spacial score (nSPS) is 2.67. The van der Waals surface area contributed by atoms with Crippen LogP contribution in [0.4, 0.5) is 0 Å². The first-order valence-corrected chi connectivity index (χ1v) is 2.27. The minimum absolute atomic E-state index is 0. The van der Waals surface area contributed by atoms with Crippen LogP contribution in [-0.2, 0) is 44.3 Å². The Hall–Kier alpha value is -0.692. The van der Waals surface area contributed by atoms with Crippen LogP contribution in [0.2, 0.25) is 0 Å². The number of hydrogen-bond acceptors (Lipinski definition) is 2. The van der Waals surface area contributed by atoms with Crippen molar-refractivity contribution < 1.29 is 44.3 Å². The Bertz CT molecular complexity index is 104. The Morgan fingerprint density at radius 1 is 0.533 bits per heavy atom. The Kier molecular flexibility index (Phi) is 3730. The summed E-state index contributed by atoms with van der Waals surface area (Å²) in [7, 11) is 3.64. The summed E-state index contributed by atoms with van der Waals surface area (Å²) in [5.74, 6) is 0. The molecule has 7 nitrogen and oxygen atoms in total. The molecule has 2 N–H and O–H groups in total. The van der Waals surface area contributed by atoms with Crippen molar-refractivity contribution in [1.29, 1.82) is 0 Å². The molecule has 0 aliphatic carbocycles. The van der Waals surface area contributed by atoms with E-state index >= 15 is 0 Å². The van der Waals surface area contributed by atoms with Crippen molar-refractivity contribution in [2.24, 2.45) is 0 Å². The summed E-state index contributed by atoms with van der Waals surface area (Å²) < 4.78 is 37.5. The van der Waals surface area contributed by atoms with Crippen LogP contribution in [0.15, 0.2) is 0 Å². The molecule has 0 aromatic carbocycles. The van der Waals surface area contributed by atoms with Gasteiger partial charge in [-0.2, -0.15) is 0 Å². The molecule has 82 valence electrons. The summed E-state index contributed by atoms with van der Waals surface area (Å²) in [4.78, 5) is 0. The zero-order chi connectivity index (χ0) is 13.4. The van der Waals surface area contributed by atoms with Crippen LogP contribution in [0.3, 0.4) is 0 Å². The molecule has 0 fully saturated rings. The molecule has 0 aromatic rings. The van der Waals surface area contributed by atoms with E-state index < -0.39 is 0 Å². The molecule has 15 heavy (non-hydrogen) atoms. The van der Waals surface area contributed by atoms with E-state index in [0.717, 1.165) is 0 Å². The molecule has 0 radical (unpaired) electrons. The van der Waals surface area contributed by atoms with Gasteiger partial charge in [0, 0.05) is 21.1 Å². The Morgan fingerprint density at radius 3 is 0.600 bits per heavy atom. The van der Waals surface area contributed by atoms with Gasteiger partial charge in [-0.15, -0.1) is 0 Å². The van der Waals surface area contributed by atoms with Crippen molar-refractivity contribution in [2.45, 2.75) is 0 Å². The zero-order valence-corrected chi connectivity index (χ0v) is 10.9. The molecule has 0 aliphatic heterocycles. The average molecular weight is 384 g/mol. The number of nitrogens with one attached hydrogen (secondary N) is 2. The quantitative estimate of drug-likeness (QED) is 0.348. The van der Waals surface area contributed by atoms with Gasteiger partial charge in [-0.25, -0.2) is 0 Å². The van der Waals surface area contributed by atoms with Gasteiger partial charge >= 0.3 is 56.5 Å². The molecule has 0 saturated heterocycles. The second kappa shape index (κ2) is 1180. The van der Waals surface area contributed by atoms with Crippen LogP contribution in [0.25, 0.3) is 0 Å². The first-order valence-electron chi connectivity index (χ1n) is 2.27. The van der Waals surface area contributed by atoms with E-state index in [1.807, 2.05) is 14.1 Å². The third-order valence-corrected chi connectivity index (χ3v) is 0.250. The molecule has 0 atom stereocenters. The van der Waals surface area contributed by atoms with Crippen molar-refractivity contribution >= 4 is 0 Å². The second-order valence-corrected chi connectivity index (χ2v) is 0.500. The summed E-state index contributed by atoms with van der Waals surface area (Å²) in [5, 5.41) is 0. The summed E-state index contributed by atoms with van der Waals surface area (Å²) in [6.45, 7) is 22.5. The molecular formula is C7H8N2O5W. The first kappa shape index (κ1) is 47.4. The number of hydrazine groups is 1. The van der Waals surface area contributed by atoms with E-state index in [-0.39, 0.29) is 21.1 Å². The fraction of sp³-hybridized carbons (Fsp3) is 0.286. The molecule has 0 saturated carbocycles. The third-order valence-electron chi connectivity index (χ3n) is 0.250. The van der Waals surface area contributed by atoms with Crippen LogP contribution in [-0.4, -0.2) is 14.1 Å². The molecule has 0 spiro atoms. The maximum Gasteiger partial charge on any atom is 0 e. The van der Waals surface area contributed by atoms with Crippen molar-refractivity contribution in [2.75, 3.05) is 14.1 Å². The molecule has 8 heteroatoms. The van der Waals surface area contributed by atoms with Crippen LogP contribution in [0, 0.1) is 33.3 Å². The van der Waals surface area contributed by atoms with Gasteiger partial charge < -0.3 is 0 Å². The second-order valence-electron chi connectivity index (χ2n) is 0.500. The van der Waals surface area contributed by atoms with Crippen LogP contribution in [0.5, 0.6) is 0 Å². The van der Waals surface area contributed by atoms with Crippen molar-refractivity contribution in [3.63, 3.8) is 0 Å². The predicted molar refractivity (Wildman–Crippen MR) is 37.8 cm³/mol. The third kappa shape index (κ3) is 17900. The average Bonchev–Trinajstić information content (AvgIpc) is 2.41. The topological polar surface area (TPSA) is 124 Å². The fourth-order valence-corrected chi connectivity index (χ4v) is 0. The van der Waals surface area contributed by atoms with E-state index in [2.05, 4.69) is 44.1 Å². The number of hydrogen-bond donors (Lipinski definition) is 2. The Balaban J connectivity index is -0.0000000105. The first-order chi connectivity index (χ1) is 6.91. The maximum atomic E-state index is 7.50. The standard InChI is InChI=1S/C2H8N2.5CO.W/c1-3-4-2;5*1-2;/h3-4H,1-2H3;;;;;;. The van der Waals surface area contributed by atoms with Gasteiger partial charge in [0.05, 0.1) is 0 Å². The van der Waals surface area contributed by atoms with Gasteiger partial charge in [0.1, 0.15) is 0 Å². The maximum absolute atomic E-state index is 7.50. The van der Waals surface area contributed by atoms with Gasteiger partial charge in [-0.1, -0.05) is 0 Å². The molecule has 0 rings (SSSR count). The van der Waals surface area contributed by atoms with Crippen LogP contribution < -0.4 is 10.9 Å². The van der Waals surface area contributed by atoms with Crippen LogP contribution in [0.1, 0.15) is 0 Å². The Labute approximate surface area is 103 Å². The van der Waals surface area contributed by atoms with Crippen molar-refractivity contribution in [3.05, 3.63) is 33.3 Å². The van der Waals surface area contributed by atoms with Gasteiger partial charge in [0.15, 0.2) is 0 Å². The zero-order valence-electron chi connectivity index (χ0n) is 7.95. The van der Waals surface area contributed by atoms with Gasteiger partial charge in [-0.3, -0.25) is 10.9 Å². The predicted octanol–water partition coefficient (Wildman–Crippen LogP) is -0.850. The van der Waals surface area contributed by atoms with Gasteiger partial charge in [-0.05, 0) is 14.1 Å². The van der Waals surface area contributed by atoms with Gasteiger partial charge in [0.25, 0.3) is 0 Å². The molecule has 0 heterocycles. The minimum Gasteiger partial charge on any atom is 0 e. The molecule has 0 bridgehead atoms. The molecule has 0 aliphatic rings.